The molecule has 0 spiro atoms. The van der Waals surface area contributed by atoms with Gasteiger partial charge in [-0.05, 0) is 43.6 Å². The maximum atomic E-state index is 13.1. The van der Waals surface area contributed by atoms with Crippen molar-refractivity contribution in [2.24, 2.45) is 5.73 Å². The lowest BCUT2D eigenvalue weighted by molar-refractivity contribution is 0.209. The van der Waals surface area contributed by atoms with Gasteiger partial charge in [0.15, 0.2) is 0 Å². The Labute approximate surface area is 116 Å². The largest absolute Gasteiger partial charge is 0.329 e. The van der Waals surface area contributed by atoms with Crippen molar-refractivity contribution in [1.29, 1.82) is 0 Å². The minimum absolute atomic E-state index is 0.193. The second kappa shape index (κ2) is 6.64. The normalized spacial score (nSPS) is 19.5. The number of hydrogen-bond acceptors (Lipinski definition) is 2. The van der Waals surface area contributed by atoms with E-state index in [4.69, 9.17) is 5.73 Å². The molecule has 2 rings (SSSR count). The third-order valence-corrected chi connectivity index (χ3v) is 4.31. The van der Waals surface area contributed by atoms with Gasteiger partial charge in [-0.25, -0.2) is 4.39 Å². The fraction of sp³-hybridized carbons (Fsp3) is 0.571. The maximum Gasteiger partial charge on any atom is 0.124 e. The molecule has 1 saturated heterocycles. The summed E-state index contributed by atoms with van der Waals surface area (Å²) >= 11 is 3.45. The molecular weight excluding hydrogens is 295 g/mol. The molecule has 18 heavy (non-hydrogen) atoms. The van der Waals surface area contributed by atoms with Gasteiger partial charge in [0.25, 0.3) is 0 Å². The summed E-state index contributed by atoms with van der Waals surface area (Å²) in [6.07, 6.45) is 5.07. The van der Waals surface area contributed by atoms with Crippen LogP contribution in [0.15, 0.2) is 22.7 Å². The first-order valence-electron chi connectivity index (χ1n) is 6.61. The van der Waals surface area contributed by atoms with Gasteiger partial charge < -0.3 is 5.73 Å². The van der Waals surface area contributed by atoms with Crippen molar-refractivity contribution in [2.45, 2.75) is 31.7 Å². The van der Waals surface area contributed by atoms with E-state index in [1.54, 1.807) is 0 Å². The van der Waals surface area contributed by atoms with Crippen LogP contribution in [0, 0.1) is 5.82 Å². The van der Waals surface area contributed by atoms with E-state index < -0.39 is 0 Å². The van der Waals surface area contributed by atoms with Crippen LogP contribution in [0.1, 0.15) is 37.3 Å². The Morgan fingerprint density at radius 3 is 2.44 bits per heavy atom. The second-order valence-electron chi connectivity index (χ2n) is 4.87. The zero-order valence-corrected chi connectivity index (χ0v) is 12.1. The quantitative estimate of drug-likeness (QED) is 0.925. The third kappa shape index (κ3) is 3.31. The predicted molar refractivity (Wildman–Crippen MR) is 75.9 cm³/mol. The molecule has 0 aliphatic carbocycles. The highest BCUT2D eigenvalue weighted by atomic mass is 79.9. The van der Waals surface area contributed by atoms with E-state index in [9.17, 15) is 4.39 Å². The molecule has 2 nitrogen and oxygen atoms in total. The van der Waals surface area contributed by atoms with E-state index in [0.717, 1.165) is 23.1 Å². The van der Waals surface area contributed by atoms with Crippen LogP contribution in [-0.2, 0) is 0 Å². The molecule has 1 aromatic carbocycles. The molecule has 0 amide bonds. The minimum Gasteiger partial charge on any atom is -0.329 e. The topological polar surface area (TPSA) is 29.3 Å². The van der Waals surface area contributed by atoms with Gasteiger partial charge in [-0.2, -0.15) is 0 Å². The number of likely N-dealkylation sites (tertiary alicyclic amines) is 1. The predicted octanol–water partition coefficient (Wildman–Crippen LogP) is 3.46. The Bertz CT molecular complexity index is 389. The summed E-state index contributed by atoms with van der Waals surface area (Å²) in [5, 5.41) is 0. The fourth-order valence-corrected chi connectivity index (χ4v) is 3.27. The van der Waals surface area contributed by atoms with Crippen LogP contribution in [-0.4, -0.2) is 24.5 Å². The zero-order chi connectivity index (χ0) is 13.0. The molecule has 0 saturated carbocycles. The van der Waals surface area contributed by atoms with Crippen molar-refractivity contribution >= 4 is 15.9 Å². The molecule has 2 N–H and O–H groups in total. The summed E-state index contributed by atoms with van der Waals surface area (Å²) in [5.74, 6) is -0.211. The highest BCUT2D eigenvalue weighted by molar-refractivity contribution is 9.10. The van der Waals surface area contributed by atoms with Crippen LogP contribution < -0.4 is 5.73 Å². The summed E-state index contributed by atoms with van der Waals surface area (Å²) in [6.45, 7) is 2.75. The first-order valence-corrected chi connectivity index (χ1v) is 7.40. The molecule has 1 aliphatic heterocycles. The first kappa shape index (κ1) is 14.0. The van der Waals surface area contributed by atoms with Gasteiger partial charge >= 0.3 is 0 Å². The van der Waals surface area contributed by atoms with E-state index in [-0.39, 0.29) is 11.9 Å². The fourth-order valence-electron chi connectivity index (χ4n) is 2.65. The van der Waals surface area contributed by atoms with Gasteiger partial charge in [0.2, 0.25) is 0 Å². The average Bonchev–Trinajstić information content (AvgIpc) is 2.62. The summed E-state index contributed by atoms with van der Waals surface area (Å²) in [6, 6.07) is 5.08. The van der Waals surface area contributed by atoms with Gasteiger partial charge in [-0.3, -0.25) is 4.90 Å². The van der Waals surface area contributed by atoms with Crippen LogP contribution in [0.2, 0.25) is 0 Å². The zero-order valence-electron chi connectivity index (χ0n) is 10.5. The molecule has 1 aromatic rings. The van der Waals surface area contributed by atoms with E-state index >= 15 is 0 Å². The highest BCUT2D eigenvalue weighted by Gasteiger charge is 2.22. The van der Waals surface area contributed by atoms with E-state index in [1.807, 2.05) is 6.07 Å². The lowest BCUT2D eigenvalue weighted by atomic mass is 10.0. The van der Waals surface area contributed by atoms with Crippen LogP contribution in [0.4, 0.5) is 4.39 Å². The summed E-state index contributed by atoms with van der Waals surface area (Å²) in [7, 11) is 0. The molecule has 1 heterocycles. The molecule has 0 radical (unpaired) electrons. The summed E-state index contributed by atoms with van der Waals surface area (Å²) in [5.41, 5.74) is 7.04. The Hall–Kier alpha value is -0.450. The lowest BCUT2D eigenvalue weighted by Gasteiger charge is -2.30. The molecule has 4 heteroatoms. The van der Waals surface area contributed by atoms with Crippen LogP contribution in [0.5, 0.6) is 0 Å². The van der Waals surface area contributed by atoms with Gasteiger partial charge in [0.1, 0.15) is 5.82 Å². The first-order chi connectivity index (χ1) is 8.72. The maximum absolute atomic E-state index is 13.1. The molecule has 1 fully saturated rings. The average molecular weight is 315 g/mol. The number of nitrogens with zero attached hydrogens (tertiary/aromatic N) is 1. The SMILES string of the molecule is NCC(c1ccc(F)cc1Br)N1CCCCCC1. The standard InChI is InChI=1S/C14H20BrFN2/c15-13-9-11(16)5-6-12(13)14(10-17)18-7-3-1-2-4-8-18/h5-6,9,14H,1-4,7-8,10,17H2. The summed E-state index contributed by atoms with van der Waals surface area (Å²) in [4.78, 5) is 2.44. The third-order valence-electron chi connectivity index (χ3n) is 3.63. The number of rotatable bonds is 3. The van der Waals surface area contributed by atoms with Gasteiger partial charge in [0.05, 0.1) is 0 Å². The van der Waals surface area contributed by atoms with Crippen molar-refractivity contribution in [3.8, 4) is 0 Å². The minimum atomic E-state index is -0.211. The molecule has 1 atom stereocenters. The van der Waals surface area contributed by atoms with Crippen molar-refractivity contribution in [3.63, 3.8) is 0 Å². The van der Waals surface area contributed by atoms with Gasteiger partial charge in [0, 0.05) is 17.1 Å². The van der Waals surface area contributed by atoms with E-state index in [1.165, 1.54) is 37.8 Å². The molecule has 1 aliphatic rings. The van der Waals surface area contributed by atoms with Crippen LogP contribution in [0.25, 0.3) is 0 Å². The van der Waals surface area contributed by atoms with Crippen molar-refractivity contribution < 1.29 is 4.39 Å². The second-order valence-corrected chi connectivity index (χ2v) is 5.72. The number of halogens is 2. The van der Waals surface area contributed by atoms with Crippen molar-refractivity contribution in [1.82, 2.24) is 4.90 Å². The van der Waals surface area contributed by atoms with Crippen molar-refractivity contribution in [3.05, 3.63) is 34.1 Å². The monoisotopic (exact) mass is 314 g/mol. The lowest BCUT2D eigenvalue weighted by Crippen LogP contribution is -2.34. The summed E-state index contributed by atoms with van der Waals surface area (Å²) < 4.78 is 14.0. The van der Waals surface area contributed by atoms with E-state index in [2.05, 4.69) is 20.8 Å². The van der Waals surface area contributed by atoms with Crippen LogP contribution >= 0.6 is 15.9 Å². The molecular formula is C14H20BrFN2. The Morgan fingerprint density at radius 2 is 1.89 bits per heavy atom. The van der Waals surface area contributed by atoms with Gasteiger partial charge in [-0.1, -0.05) is 34.8 Å². The molecule has 0 aromatic heterocycles. The number of hydrogen-bond donors (Lipinski definition) is 1. The Balaban J connectivity index is 2.20. The van der Waals surface area contributed by atoms with Crippen molar-refractivity contribution in [2.75, 3.05) is 19.6 Å². The highest BCUT2D eigenvalue weighted by Crippen LogP contribution is 2.29. The Morgan fingerprint density at radius 1 is 1.22 bits per heavy atom. The molecule has 0 bridgehead atoms. The number of benzene rings is 1. The Kier molecular flexibility index (Phi) is 5.15. The van der Waals surface area contributed by atoms with Gasteiger partial charge in [-0.15, -0.1) is 0 Å². The van der Waals surface area contributed by atoms with Crippen LogP contribution in [0.3, 0.4) is 0 Å². The smallest absolute Gasteiger partial charge is 0.124 e. The molecule has 100 valence electrons. The number of nitrogens with two attached hydrogens (primary N) is 1. The molecule has 1 unspecified atom stereocenters. The van der Waals surface area contributed by atoms with E-state index in [0.29, 0.717) is 6.54 Å².